The second-order valence-corrected chi connectivity index (χ2v) is 7.00. The van der Waals surface area contributed by atoms with Crippen LogP contribution in [0.25, 0.3) is 0 Å². The molecule has 9 heteroatoms. The number of nitrogens with one attached hydrogen (secondary N) is 2. The van der Waals surface area contributed by atoms with Gasteiger partial charge in [-0.05, 0) is 19.8 Å². The van der Waals surface area contributed by atoms with Crippen molar-refractivity contribution in [2.45, 2.75) is 38.1 Å². The number of sulfonamides is 1. The fraction of sp³-hybridized carbons (Fsp3) is 0.917. The van der Waals surface area contributed by atoms with Crippen LogP contribution in [0, 0.1) is 0 Å². The Bertz CT molecular complexity index is 411. The first kappa shape index (κ1) is 20.6. The zero-order valence-corrected chi connectivity index (χ0v) is 14.0. The molecule has 0 saturated heterocycles. The SMILES string of the molecule is CCOCCS(=O)(=O)NCC(=O)NC1(CN)CCCC1.Cl. The smallest absolute Gasteiger partial charge is 0.235 e. The minimum absolute atomic E-state index is 0. The first-order valence-corrected chi connectivity index (χ1v) is 8.64. The molecule has 0 aromatic carbocycles. The van der Waals surface area contributed by atoms with E-state index in [4.69, 9.17) is 10.5 Å². The van der Waals surface area contributed by atoms with E-state index in [1.165, 1.54) is 0 Å². The molecule has 7 nitrogen and oxygen atoms in total. The molecular formula is C12H26ClN3O4S. The van der Waals surface area contributed by atoms with Crippen molar-refractivity contribution in [2.75, 3.05) is 32.1 Å². The van der Waals surface area contributed by atoms with Crippen LogP contribution in [0.1, 0.15) is 32.6 Å². The molecule has 4 N–H and O–H groups in total. The third-order valence-electron chi connectivity index (χ3n) is 3.51. The molecule has 0 atom stereocenters. The quantitative estimate of drug-likeness (QED) is 0.500. The summed E-state index contributed by atoms with van der Waals surface area (Å²) in [5.41, 5.74) is 5.36. The van der Waals surface area contributed by atoms with Gasteiger partial charge in [0.2, 0.25) is 15.9 Å². The highest BCUT2D eigenvalue weighted by Crippen LogP contribution is 2.28. The highest BCUT2D eigenvalue weighted by atomic mass is 35.5. The highest BCUT2D eigenvalue weighted by molar-refractivity contribution is 7.89. The average molecular weight is 344 g/mol. The van der Waals surface area contributed by atoms with Gasteiger partial charge in [-0.25, -0.2) is 13.1 Å². The lowest BCUT2D eigenvalue weighted by Gasteiger charge is -2.28. The molecular weight excluding hydrogens is 318 g/mol. The van der Waals surface area contributed by atoms with Crippen LogP contribution in [0.15, 0.2) is 0 Å². The zero-order valence-electron chi connectivity index (χ0n) is 12.4. The fourth-order valence-electron chi connectivity index (χ4n) is 2.33. The average Bonchev–Trinajstić information content (AvgIpc) is 2.86. The standard InChI is InChI=1S/C12H25N3O4S.ClH/c1-2-19-7-8-20(17,18)14-9-11(16)15-12(10-13)5-3-4-6-12;/h14H,2-10,13H2,1H3,(H,15,16);1H. The molecule has 0 unspecified atom stereocenters. The summed E-state index contributed by atoms with van der Waals surface area (Å²) in [7, 11) is -3.48. The lowest BCUT2D eigenvalue weighted by Crippen LogP contribution is -2.54. The van der Waals surface area contributed by atoms with Crippen LogP contribution >= 0.6 is 12.4 Å². The number of hydrogen-bond donors (Lipinski definition) is 3. The Hall–Kier alpha value is -0.410. The molecule has 0 aromatic heterocycles. The van der Waals surface area contributed by atoms with Gasteiger partial charge in [-0.15, -0.1) is 12.4 Å². The molecule has 21 heavy (non-hydrogen) atoms. The van der Waals surface area contributed by atoms with Gasteiger partial charge in [0.15, 0.2) is 0 Å². The normalized spacial score (nSPS) is 17.2. The number of halogens is 1. The van der Waals surface area contributed by atoms with Crippen molar-refractivity contribution in [1.82, 2.24) is 10.0 Å². The summed E-state index contributed by atoms with van der Waals surface area (Å²) < 4.78 is 30.5. The number of carbonyl (C=O) groups excluding carboxylic acids is 1. The maximum Gasteiger partial charge on any atom is 0.235 e. The van der Waals surface area contributed by atoms with E-state index < -0.39 is 10.0 Å². The summed E-state index contributed by atoms with van der Waals surface area (Å²) >= 11 is 0. The number of amides is 1. The summed E-state index contributed by atoms with van der Waals surface area (Å²) in [5, 5.41) is 2.86. The molecule has 1 fully saturated rings. The van der Waals surface area contributed by atoms with Gasteiger partial charge in [-0.3, -0.25) is 4.79 Å². The maximum absolute atomic E-state index is 11.8. The van der Waals surface area contributed by atoms with Gasteiger partial charge >= 0.3 is 0 Å². The van der Waals surface area contributed by atoms with Crippen LogP contribution in [0.5, 0.6) is 0 Å². The third kappa shape index (κ3) is 7.42. The van der Waals surface area contributed by atoms with E-state index in [9.17, 15) is 13.2 Å². The predicted octanol–water partition coefficient (Wildman–Crippen LogP) is -0.248. The van der Waals surface area contributed by atoms with Crippen molar-refractivity contribution >= 4 is 28.3 Å². The third-order valence-corrected chi connectivity index (χ3v) is 4.80. The van der Waals surface area contributed by atoms with E-state index in [1.807, 2.05) is 0 Å². The summed E-state index contributed by atoms with van der Waals surface area (Å²) in [6.45, 7) is 2.52. The summed E-state index contributed by atoms with van der Waals surface area (Å²) in [6, 6.07) is 0. The van der Waals surface area contributed by atoms with Crippen LogP contribution in [0.4, 0.5) is 0 Å². The van der Waals surface area contributed by atoms with Crippen molar-refractivity contribution in [1.29, 1.82) is 0 Å². The number of nitrogens with two attached hydrogens (primary N) is 1. The van der Waals surface area contributed by atoms with Gasteiger partial charge in [0.05, 0.1) is 24.4 Å². The van der Waals surface area contributed by atoms with Crippen molar-refractivity contribution in [3.63, 3.8) is 0 Å². The molecule has 1 saturated carbocycles. The van der Waals surface area contributed by atoms with E-state index in [0.717, 1.165) is 25.7 Å². The number of rotatable bonds is 9. The van der Waals surface area contributed by atoms with E-state index >= 15 is 0 Å². The van der Waals surface area contributed by atoms with Gasteiger partial charge in [-0.1, -0.05) is 12.8 Å². The number of carbonyl (C=O) groups is 1. The maximum atomic E-state index is 11.8. The number of ether oxygens (including phenoxy) is 1. The molecule has 1 aliphatic rings. The summed E-state index contributed by atoms with van der Waals surface area (Å²) in [6.07, 6.45) is 3.79. The van der Waals surface area contributed by atoms with Crippen molar-refractivity contribution in [3.05, 3.63) is 0 Å². The van der Waals surface area contributed by atoms with Crippen LogP contribution < -0.4 is 15.8 Å². The minimum Gasteiger partial charge on any atom is -0.381 e. The highest BCUT2D eigenvalue weighted by Gasteiger charge is 2.33. The zero-order chi connectivity index (χ0) is 15.1. The van der Waals surface area contributed by atoms with Gasteiger partial charge in [0, 0.05) is 13.2 Å². The van der Waals surface area contributed by atoms with E-state index in [2.05, 4.69) is 10.0 Å². The van der Waals surface area contributed by atoms with E-state index in [1.54, 1.807) is 6.92 Å². The van der Waals surface area contributed by atoms with E-state index in [-0.39, 0.29) is 42.8 Å². The van der Waals surface area contributed by atoms with Crippen molar-refractivity contribution < 1.29 is 17.9 Å². The molecule has 1 aliphatic carbocycles. The lowest BCUT2D eigenvalue weighted by molar-refractivity contribution is -0.121. The molecule has 126 valence electrons. The predicted molar refractivity (Wildman–Crippen MR) is 83.9 cm³/mol. The Morgan fingerprint density at radius 1 is 1.33 bits per heavy atom. The van der Waals surface area contributed by atoms with Gasteiger partial charge < -0.3 is 15.8 Å². The monoisotopic (exact) mass is 343 g/mol. The second kappa shape index (κ2) is 9.58. The first-order chi connectivity index (χ1) is 9.43. The summed E-state index contributed by atoms with van der Waals surface area (Å²) in [5.74, 6) is -0.479. The largest absolute Gasteiger partial charge is 0.381 e. The molecule has 0 bridgehead atoms. The van der Waals surface area contributed by atoms with Crippen molar-refractivity contribution in [2.24, 2.45) is 5.73 Å². The fourth-order valence-corrected chi connectivity index (χ4v) is 3.17. The second-order valence-electron chi connectivity index (χ2n) is 5.08. The van der Waals surface area contributed by atoms with Crippen molar-refractivity contribution in [3.8, 4) is 0 Å². The molecule has 0 spiro atoms. The van der Waals surface area contributed by atoms with Gasteiger partial charge in [0.1, 0.15) is 0 Å². The Balaban J connectivity index is 0.00000400. The Labute approximate surface area is 132 Å². The first-order valence-electron chi connectivity index (χ1n) is 6.99. The van der Waals surface area contributed by atoms with Gasteiger partial charge in [-0.2, -0.15) is 0 Å². The Kier molecular flexibility index (Phi) is 9.39. The molecule has 0 aromatic rings. The van der Waals surface area contributed by atoms with Crippen LogP contribution in [-0.4, -0.2) is 51.9 Å². The Morgan fingerprint density at radius 3 is 2.48 bits per heavy atom. The topological polar surface area (TPSA) is 111 Å². The summed E-state index contributed by atoms with van der Waals surface area (Å²) in [4.78, 5) is 11.8. The van der Waals surface area contributed by atoms with Crippen LogP contribution in [0.2, 0.25) is 0 Å². The minimum atomic E-state index is -3.48. The van der Waals surface area contributed by atoms with Crippen LogP contribution in [0.3, 0.4) is 0 Å². The lowest BCUT2D eigenvalue weighted by atomic mass is 9.98. The van der Waals surface area contributed by atoms with E-state index in [0.29, 0.717) is 13.2 Å². The molecule has 1 rings (SSSR count). The number of hydrogen-bond acceptors (Lipinski definition) is 5. The molecule has 0 heterocycles. The molecule has 0 radical (unpaired) electrons. The van der Waals surface area contributed by atoms with Crippen LogP contribution in [-0.2, 0) is 19.6 Å². The molecule has 1 amide bonds. The van der Waals surface area contributed by atoms with Gasteiger partial charge in [0.25, 0.3) is 0 Å². The Morgan fingerprint density at radius 2 is 1.95 bits per heavy atom. The molecule has 0 aliphatic heterocycles.